The van der Waals surface area contributed by atoms with E-state index in [1.165, 1.54) is 20.8 Å². The lowest BCUT2D eigenvalue weighted by atomic mass is 9.90. The zero-order valence-corrected chi connectivity index (χ0v) is 25.3. The van der Waals surface area contributed by atoms with Gasteiger partial charge in [0.05, 0.1) is 6.61 Å². The molecule has 0 radical (unpaired) electrons. The van der Waals surface area contributed by atoms with Crippen LogP contribution in [-0.4, -0.2) is 53.6 Å². The number of hydrogen-bond donors (Lipinski definition) is 1. The molecular weight excluding hydrogens is 576 g/mol. The van der Waals surface area contributed by atoms with E-state index in [0.717, 1.165) is 38.9 Å². The Morgan fingerprint density at radius 3 is 1.98 bits per heavy atom. The Labute approximate surface area is 253 Å². The Kier molecular flexibility index (Phi) is 10.3. The van der Waals surface area contributed by atoms with E-state index in [9.17, 15) is 24.3 Å². The molecule has 10 nitrogen and oxygen atoms in total. The van der Waals surface area contributed by atoms with Crippen molar-refractivity contribution in [2.75, 3.05) is 0 Å². The van der Waals surface area contributed by atoms with E-state index in [0.29, 0.717) is 12.0 Å². The molecule has 1 aliphatic rings. The molecule has 1 fully saturated rings. The molecule has 0 bridgehead atoms. The monoisotopic (exact) mass is 610 g/mol. The van der Waals surface area contributed by atoms with Gasteiger partial charge in [0.25, 0.3) is 0 Å². The van der Waals surface area contributed by atoms with Crippen molar-refractivity contribution in [3.8, 4) is 10.4 Å². The van der Waals surface area contributed by atoms with Crippen molar-refractivity contribution in [3.05, 3.63) is 81.7 Å². The molecule has 11 heteroatoms. The summed E-state index contributed by atoms with van der Waals surface area (Å²) in [6.07, 6.45) is -5.80. The fraction of sp³-hybridized carbons (Fsp3) is 0.375. The minimum atomic E-state index is -1.44. The van der Waals surface area contributed by atoms with Gasteiger partial charge >= 0.3 is 23.9 Å². The van der Waals surface area contributed by atoms with Crippen LogP contribution in [-0.2, 0) is 55.9 Å². The summed E-state index contributed by atoms with van der Waals surface area (Å²) in [5.74, 6) is -2.84. The van der Waals surface area contributed by atoms with E-state index in [1.54, 1.807) is 17.4 Å². The predicted octanol–water partition coefficient (Wildman–Crippen LogP) is 4.56. The van der Waals surface area contributed by atoms with Gasteiger partial charge in [-0.15, -0.1) is 11.3 Å². The zero-order chi connectivity index (χ0) is 31.3. The average Bonchev–Trinajstić information content (AvgIpc) is 3.40. The van der Waals surface area contributed by atoms with Crippen LogP contribution in [0.3, 0.4) is 0 Å². The van der Waals surface area contributed by atoms with E-state index in [2.05, 4.69) is 12.1 Å². The van der Waals surface area contributed by atoms with Gasteiger partial charge in [0.15, 0.2) is 12.2 Å². The minimum Gasteiger partial charge on any atom is -0.455 e. The molecule has 228 valence electrons. The van der Waals surface area contributed by atoms with Crippen molar-refractivity contribution < 1.29 is 48.0 Å². The van der Waals surface area contributed by atoms with E-state index < -0.39 is 54.6 Å². The Bertz CT molecular complexity index is 1480. The van der Waals surface area contributed by atoms with Gasteiger partial charge in [-0.25, -0.2) is 0 Å². The first-order valence-electron chi connectivity index (χ1n) is 13.7. The van der Waals surface area contributed by atoms with Gasteiger partial charge in [0, 0.05) is 43.9 Å². The second kappa shape index (κ2) is 13.9. The molecule has 3 aromatic rings. The summed E-state index contributed by atoms with van der Waals surface area (Å²) in [6, 6.07) is 17.5. The van der Waals surface area contributed by atoms with Crippen molar-refractivity contribution in [3.63, 3.8) is 0 Å². The lowest BCUT2D eigenvalue weighted by Gasteiger charge is -2.44. The smallest absolute Gasteiger partial charge is 0.305 e. The lowest BCUT2D eigenvalue weighted by Crippen LogP contribution is -2.59. The molecule has 0 spiro atoms. The molecular formula is C32H34O10S. The number of aryl methyl sites for hydroxylation is 1. The summed E-state index contributed by atoms with van der Waals surface area (Å²) in [5.41, 5.74) is 4.46. The van der Waals surface area contributed by atoms with Crippen LogP contribution in [0.1, 0.15) is 60.9 Å². The maximum absolute atomic E-state index is 12.2. The van der Waals surface area contributed by atoms with Crippen LogP contribution >= 0.6 is 11.3 Å². The normalized spacial score (nSPS) is 21.5. The SMILES string of the molecule is CC(=O)O[C@H]1OC(c2ccc(C)c(Cc3ccc(-c4ccc(CO)cc4)s3)c2)[C@H](OC(C)=O)[C@@H](OC(C)=O)[C@@H]1OC(C)=O. The molecule has 0 aliphatic carbocycles. The summed E-state index contributed by atoms with van der Waals surface area (Å²) in [5, 5.41) is 9.33. The summed E-state index contributed by atoms with van der Waals surface area (Å²) >= 11 is 1.65. The van der Waals surface area contributed by atoms with Gasteiger partial charge in [-0.2, -0.15) is 0 Å². The van der Waals surface area contributed by atoms with Crippen molar-refractivity contribution in [2.45, 2.75) is 78.4 Å². The molecule has 0 amide bonds. The summed E-state index contributed by atoms with van der Waals surface area (Å²) in [4.78, 5) is 50.4. The Balaban J connectivity index is 1.69. The number of ether oxygens (including phenoxy) is 5. The van der Waals surface area contributed by atoms with Gasteiger partial charge in [0.1, 0.15) is 6.10 Å². The van der Waals surface area contributed by atoms with Gasteiger partial charge < -0.3 is 28.8 Å². The number of aliphatic hydroxyl groups excluding tert-OH is 1. The highest BCUT2D eigenvalue weighted by molar-refractivity contribution is 7.15. The van der Waals surface area contributed by atoms with Crippen LogP contribution in [0.4, 0.5) is 0 Å². The predicted molar refractivity (Wildman–Crippen MR) is 156 cm³/mol. The van der Waals surface area contributed by atoms with Crippen molar-refractivity contribution in [2.24, 2.45) is 0 Å². The average molecular weight is 611 g/mol. The Morgan fingerprint density at radius 1 is 0.767 bits per heavy atom. The number of rotatable bonds is 9. The van der Waals surface area contributed by atoms with Crippen molar-refractivity contribution >= 4 is 35.2 Å². The van der Waals surface area contributed by atoms with Crippen LogP contribution in [0.2, 0.25) is 0 Å². The number of aliphatic hydroxyl groups is 1. The fourth-order valence-corrected chi connectivity index (χ4v) is 5.99. The van der Waals surface area contributed by atoms with Gasteiger partial charge in [-0.3, -0.25) is 19.2 Å². The van der Waals surface area contributed by atoms with Crippen LogP contribution in [0.5, 0.6) is 0 Å². The van der Waals surface area contributed by atoms with Crippen LogP contribution < -0.4 is 0 Å². The van der Waals surface area contributed by atoms with Crippen molar-refractivity contribution in [1.29, 1.82) is 0 Å². The molecule has 43 heavy (non-hydrogen) atoms. The number of carbonyl (C=O) groups is 4. The maximum Gasteiger partial charge on any atom is 0.305 e. The lowest BCUT2D eigenvalue weighted by molar-refractivity contribution is -0.298. The van der Waals surface area contributed by atoms with Crippen LogP contribution in [0, 0.1) is 6.92 Å². The molecule has 2 aromatic carbocycles. The third-order valence-corrected chi connectivity index (χ3v) is 7.97. The molecule has 2 heterocycles. The van der Waals surface area contributed by atoms with Gasteiger partial charge in [-0.05, 0) is 46.9 Å². The van der Waals surface area contributed by atoms with Gasteiger partial charge in [-0.1, -0.05) is 42.5 Å². The highest BCUT2D eigenvalue weighted by Gasteiger charge is 2.53. The Hall–Kier alpha value is -4.06. The first-order valence-corrected chi connectivity index (χ1v) is 14.5. The summed E-state index contributed by atoms with van der Waals surface area (Å²) in [6.45, 7) is 6.65. The second-order valence-corrected chi connectivity index (χ2v) is 11.4. The molecule has 1 saturated heterocycles. The highest BCUT2D eigenvalue weighted by Crippen LogP contribution is 2.39. The first kappa shape index (κ1) is 31.9. The number of esters is 4. The molecule has 1 aliphatic heterocycles. The molecule has 1 N–H and O–H groups in total. The van der Waals surface area contributed by atoms with E-state index in [4.69, 9.17) is 23.7 Å². The van der Waals surface area contributed by atoms with E-state index in [1.807, 2.05) is 43.3 Å². The molecule has 0 saturated carbocycles. The summed E-state index contributed by atoms with van der Waals surface area (Å²) < 4.78 is 28.0. The zero-order valence-electron chi connectivity index (χ0n) is 24.5. The fourth-order valence-electron chi connectivity index (χ4n) is 4.95. The topological polar surface area (TPSA) is 135 Å². The number of carbonyl (C=O) groups excluding carboxylic acids is 4. The molecule has 5 atom stereocenters. The minimum absolute atomic E-state index is 0.0116. The third kappa shape index (κ3) is 8.07. The Morgan fingerprint density at radius 2 is 1.37 bits per heavy atom. The highest BCUT2D eigenvalue weighted by atomic mass is 32.1. The van der Waals surface area contributed by atoms with Crippen molar-refractivity contribution in [1.82, 2.24) is 0 Å². The van der Waals surface area contributed by atoms with E-state index >= 15 is 0 Å². The molecule has 4 rings (SSSR count). The number of hydrogen-bond acceptors (Lipinski definition) is 11. The first-order chi connectivity index (χ1) is 20.4. The maximum atomic E-state index is 12.2. The largest absolute Gasteiger partial charge is 0.455 e. The second-order valence-electron chi connectivity index (χ2n) is 10.2. The molecule has 1 aromatic heterocycles. The van der Waals surface area contributed by atoms with Gasteiger partial charge in [0.2, 0.25) is 12.4 Å². The standard InChI is InChI=1S/C32H34O10S/c1-17-6-9-24(14-25(17)15-26-12-13-27(43-26)23-10-7-22(16-33)8-11-23)28-29(38-18(2)34)30(39-19(3)35)31(40-20(4)36)32(42-28)41-21(5)37/h6-14,28-33H,15-16H2,1-5H3/t28?,29-,30+,31-,32-/m0/s1. The third-order valence-electron chi connectivity index (χ3n) is 6.83. The number of benzene rings is 2. The van der Waals surface area contributed by atoms with Crippen LogP contribution in [0.25, 0.3) is 10.4 Å². The molecule has 1 unspecified atom stereocenters. The van der Waals surface area contributed by atoms with E-state index in [-0.39, 0.29) is 6.61 Å². The quantitative estimate of drug-likeness (QED) is 0.271. The van der Waals surface area contributed by atoms with Crippen LogP contribution in [0.15, 0.2) is 54.6 Å². The number of thiophene rings is 1. The summed E-state index contributed by atoms with van der Waals surface area (Å²) in [7, 11) is 0.